The Labute approximate surface area is 129 Å². The molecule has 0 unspecified atom stereocenters. The monoisotopic (exact) mass is 322 g/mol. The summed E-state index contributed by atoms with van der Waals surface area (Å²) in [5, 5.41) is 5.23. The molecule has 21 heavy (non-hydrogen) atoms. The summed E-state index contributed by atoms with van der Waals surface area (Å²) in [6, 6.07) is 9.39. The van der Waals surface area contributed by atoms with Crippen LogP contribution in [0, 0.1) is 0 Å². The molecule has 1 aliphatic rings. The third-order valence-corrected chi connectivity index (χ3v) is 6.54. The molecule has 0 bridgehead atoms. The van der Waals surface area contributed by atoms with Crippen molar-refractivity contribution in [2.24, 2.45) is 0 Å². The minimum absolute atomic E-state index is 0.365. The van der Waals surface area contributed by atoms with Crippen molar-refractivity contribution in [3.63, 3.8) is 0 Å². The van der Waals surface area contributed by atoms with Gasteiger partial charge >= 0.3 is 0 Å². The van der Waals surface area contributed by atoms with Crippen molar-refractivity contribution < 1.29 is 8.42 Å². The number of rotatable bonds is 5. The van der Waals surface area contributed by atoms with Crippen molar-refractivity contribution >= 4 is 27.0 Å². The minimum atomic E-state index is -3.42. The molecule has 112 valence electrons. The Morgan fingerprint density at radius 1 is 1.33 bits per heavy atom. The van der Waals surface area contributed by atoms with Crippen LogP contribution >= 0.6 is 11.3 Å². The van der Waals surface area contributed by atoms with Crippen LogP contribution < -0.4 is 5.32 Å². The molecule has 0 spiro atoms. The van der Waals surface area contributed by atoms with E-state index in [1.54, 1.807) is 30.5 Å². The number of fused-ring (bicyclic) bond motifs is 1. The van der Waals surface area contributed by atoms with Crippen LogP contribution in [0.25, 0.3) is 0 Å². The Kier molecular flexibility index (Phi) is 4.01. The van der Waals surface area contributed by atoms with E-state index in [4.69, 9.17) is 0 Å². The van der Waals surface area contributed by atoms with Gasteiger partial charge in [-0.1, -0.05) is 12.1 Å². The van der Waals surface area contributed by atoms with Crippen LogP contribution in [0.15, 0.2) is 40.6 Å². The molecule has 0 saturated carbocycles. The van der Waals surface area contributed by atoms with Gasteiger partial charge in [0.25, 0.3) is 0 Å². The summed E-state index contributed by atoms with van der Waals surface area (Å²) >= 11 is 1.66. The van der Waals surface area contributed by atoms with Crippen molar-refractivity contribution in [1.82, 2.24) is 4.31 Å². The Morgan fingerprint density at radius 2 is 2.19 bits per heavy atom. The molecule has 6 heteroatoms. The van der Waals surface area contributed by atoms with E-state index in [-0.39, 0.29) is 0 Å². The normalized spacial score (nSPS) is 14.2. The molecular weight excluding hydrogens is 304 g/mol. The molecular formula is C15H18N2O2S2. The molecule has 0 saturated heterocycles. The minimum Gasteiger partial charge on any atom is -0.384 e. The van der Waals surface area contributed by atoms with E-state index in [0.29, 0.717) is 11.4 Å². The molecule has 2 heterocycles. The predicted molar refractivity (Wildman–Crippen MR) is 86.5 cm³/mol. The number of benzene rings is 1. The van der Waals surface area contributed by atoms with Gasteiger partial charge in [-0.15, -0.1) is 11.3 Å². The zero-order chi connectivity index (χ0) is 14.9. The molecule has 0 aliphatic carbocycles. The predicted octanol–water partition coefficient (Wildman–Crippen LogP) is 2.58. The largest absolute Gasteiger partial charge is 0.384 e. The van der Waals surface area contributed by atoms with Crippen molar-refractivity contribution in [3.8, 4) is 0 Å². The fourth-order valence-corrected chi connectivity index (χ4v) is 4.35. The van der Waals surface area contributed by atoms with Gasteiger partial charge in [-0.2, -0.15) is 0 Å². The lowest BCUT2D eigenvalue weighted by Gasteiger charge is -2.17. The molecule has 0 amide bonds. The van der Waals surface area contributed by atoms with Crippen LogP contribution in [0.5, 0.6) is 0 Å². The van der Waals surface area contributed by atoms with Crippen molar-refractivity contribution in [3.05, 3.63) is 46.2 Å². The van der Waals surface area contributed by atoms with Gasteiger partial charge in [-0.3, -0.25) is 0 Å². The Morgan fingerprint density at radius 3 is 2.95 bits per heavy atom. The molecule has 4 nitrogen and oxygen atoms in total. The van der Waals surface area contributed by atoms with Gasteiger partial charge in [0.1, 0.15) is 0 Å². The number of likely N-dealkylation sites (N-methyl/N-ethyl adjacent to an activating group) is 1. The SMILES string of the molecule is CN(CCc1cccs1)S(=O)(=O)c1ccc2c(c1)NCC2. The summed E-state index contributed by atoms with van der Waals surface area (Å²) in [5.74, 6) is 0. The van der Waals surface area contributed by atoms with E-state index in [0.717, 1.165) is 25.1 Å². The highest BCUT2D eigenvalue weighted by molar-refractivity contribution is 7.89. The van der Waals surface area contributed by atoms with Gasteiger partial charge in [-0.05, 0) is 42.0 Å². The molecule has 0 atom stereocenters. The summed E-state index contributed by atoms with van der Waals surface area (Å²) in [6.07, 6.45) is 1.71. The molecule has 0 radical (unpaired) electrons. The van der Waals surface area contributed by atoms with Crippen LogP contribution in [0.3, 0.4) is 0 Å². The molecule has 1 N–H and O–H groups in total. The smallest absolute Gasteiger partial charge is 0.242 e. The van der Waals surface area contributed by atoms with Crippen molar-refractivity contribution in [2.75, 3.05) is 25.5 Å². The summed E-state index contributed by atoms with van der Waals surface area (Å²) in [5.41, 5.74) is 2.14. The van der Waals surface area contributed by atoms with E-state index in [1.165, 1.54) is 14.7 Å². The average Bonchev–Trinajstić information content (AvgIpc) is 3.14. The number of nitrogens with one attached hydrogen (secondary N) is 1. The third kappa shape index (κ3) is 2.97. The maximum atomic E-state index is 12.6. The lowest BCUT2D eigenvalue weighted by molar-refractivity contribution is 0.473. The van der Waals surface area contributed by atoms with Crippen LogP contribution in [-0.4, -0.2) is 32.9 Å². The first-order valence-corrected chi connectivity index (χ1v) is 9.25. The van der Waals surface area contributed by atoms with E-state index < -0.39 is 10.0 Å². The Balaban J connectivity index is 1.76. The topological polar surface area (TPSA) is 49.4 Å². The lowest BCUT2D eigenvalue weighted by atomic mass is 10.2. The van der Waals surface area contributed by atoms with E-state index in [9.17, 15) is 8.42 Å². The molecule has 1 aromatic carbocycles. The average molecular weight is 322 g/mol. The quantitative estimate of drug-likeness (QED) is 0.920. The van der Waals surface area contributed by atoms with Crippen LogP contribution in [0.1, 0.15) is 10.4 Å². The second kappa shape index (κ2) is 5.79. The van der Waals surface area contributed by atoms with Gasteiger partial charge in [0, 0.05) is 30.7 Å². The van der Waals surface area contributed by atoms with Gasteiger partial charge in [0.05, 0.1) is 4.90 Å². The van der Waals surface area contributed by atoms with Gasteiger partial charge in [0.2, 0.25) is 10.0 Å². The molecule has 1 aliphatic heterocycles. The number of hydrogen-bond donors (Lipinski definition) is 1. The maximum Gasteiger partial charge on any atom is 0.242 e. The van der Waals surface area contributed by atoms with Crippen LogP contribution in [-0.2, 0) is 22.9 Å². The number of thiophene rings is 1. The molecule has 1 aromatic heterocycles. The third-order valence-electron chi connectivity index (χ3n) is 3.75. The first kappa shape index (κ1) is 14.6. The fraction of sp³-hybridized carbons (Fsp3) is 0.333. The van der Waals surface area contributed by atoms with Gasteiger partial charge in [-0.25, -0.2) is 12.7 Å². The van der Waals surface area contributed by atoms with E-state index in [1.807, 2.05) is 23.6 Å². The Hall–Kier alpha value is -1.37. The maximum absolute atomic E-state index is 12.6. The summed E-state index contributed by atoms with van der Waals surface area (Å²) in [6.45, 7) is 1.38. The highest BCUT2D eigenvalue weighted by Gasteiger charge is 2.22. The summed E-state index contributed by atoms with van der Waals surface area (Å²) in [7, 11) is -1.77. The first-order chi connectivity index (χ1) is 10.1. The summed E-state index contributed by atoms with van der Waals surface area (Å²) in [4.78, 5) is 1.57. The number of hydrogen-bond acceptors (Lipinski definition) is 4. The van der Waals surface area contributed by atoms with Crippen LogP contribution in [0.2, 0.25) is 0 Å². The van der Waals surface area contributed by atoms with E-state index >= 15 is 0 Å². The number of nitrogens with zero attached hydrogens (tertiary/aromatic N) is 1. The second-order valence-corrected chi connectivity index (χ2v) is 8.23. The second-order valence-electron chi connectivity index (χ2n) is 5.15. The van der Waals surface area contributed by atoms with Crippen molar-refractivity contribution in [1.29, 1.82) is 0 Å². The van der Waals surface area contributed by atoms with Gasteiger partial charge < -0.3 is 5.32 Å². The van der Waals surface area contributed by atoms with Gasteiger partial charge in [0.15, 0.2) is 0 Å². The Bertz CT molecular complexity index is 724. The summed E-state index contributed by atoms with van der Waals surface area (Å²) < 4.78 is 26.6. The van der Waals surface area contributed by atoms with Crippen LogP contribution in [0.4, 0.5) is 5.69 Å². The fourth-order valence-electron chi connectivity index (χ4n) is 2.45. The standard InChI is InChI=1S/C15H18N2O2S2/c1-17(9-7-13-3-2-10-20-13)21(18,19)14-5-4-12-6-8-16-15(12)11-14/h2-5,10-11,16H,6-9H2,1H3. The molecule has 0 fully saturated rings. The zero-order valence-electron chi connectivity index (χ0n) is 11.9. The van der Waals surface area contributed by atoms with Crippen molar-refractivity contribution in [2.45, 2.75) is 17.7 Å². The number of anilines is 1. The lowest BCUT2D eigenvalue weighted by Crippen LogP contribution is -2.28. The first-order valence-electron chi connectivity index (χ1n) is 6.93. The highest BCUT2D eigenvalue weighted by atomic mass is 32.2. The molecule has 2 aromatic rings. The highest BCUT2D eigenvalue weighted by Crippen LogP contribution is 2.26. The number of sulfonamides is 1. The zero-order valence-corrected chi connectivity index (χ0v) is 13.5. The molecule has 3 rings (SSSR count). The van der Waals surface area contributed by atoms with E-state index in [2.05, 4.69) is 5.32 Å².